The molecular weight excluding hydrogens is 204 g/mol. The number of nitrogen functional groups attached to an aromatic ring is 1. The van der Waals surface area contributed by atoms with Gasteiger partial charge in [-0.2, -0.15) is 4.98 Å². The lowest BCUT2D eigenvalue weighted by molar-refractivity contribution is 0.201. The lowest BCUT2D eigenvalue weighted by Gasteiger charge is -2.14. The van der Waals surface area contributed by atoms with Gasteiger partial charge in [0.15, 0.2) is 0 Å². The van der Waals surface area contributed by atoms with Gasteiger partial charge in [-0.05, 0) is 13.3 Å². The van der Waals surface area contributed by atoms with Crippen LogP contribution in [0.15, 0.2) is 6.07 Å². The molecule has 0 aliphatic carbocycles. The monoisotopic (exact) mass is 224 g/mol. The van der Waals surface area contributed by atoms with Gasteiger partial charge < -0.3 is 10.2 Å². The Morgan fingerprint density at radius 2 is 2.19 bits per heavy atom. The topological polar surface area (TPSA) is 73.1 Å². The molecule has 5 nitrogen and oxygen atoms in total. The fourth-order valence-electron chi connectivity index (χ4n) is 1.44. The number of hydrazine groups is 1. The Morgan fingerprint density at radius 1 is 1.44 bits per heavy atom. The molecule has 16 heavy (non-hydrogen) atoms. The highest BCUT2D eigenvalue weighted by Crippen LogP contribution is 2.15. The molecule has 1 heterocycles. The largest absolute Gasteiger partial charge is 0.475 e. The maximum absolute atomic E-state index is 5.69. The van der Waals surface area contributed by atoms with Crippen molar-refractivity contribution in [1.82, 2.24) is 9.97 Å². The highest BCUT2D eigenvalue weighted by molar-refractivity contribution is 5.37. The van der Waals surface area contributed by atoms with E-state index in [1.165, 1.54) is 0 Å². The third kappa shape index (κ3) is 3.66. The number of ether oxygens (including phenoxy) is 1. The molecule has 5 heteroatoms. The van der Waals surface area contributed by atoms with Gasteiger partial charge in [-0.3, -0.25) is 0 Å². The Morgan fingerprint density at radius 3 is 2.75 bits per heavy atom. The van der Waals surface area contributed by atoms with Crippen LogP contribution in [0.25, 0.3) is 0 Å². The van der Waals surface area contributed by atoms with Crippen LogP contribution in [-0.4, -0.2) is 16.1 Å². The summed E-state index contributed by atoms with van der Waals surface area (Å²) in [5.74, 6) is 7.24. The molecule has 0 saturated carbocycles. The van der Waals surface area contributed by atoms with Gasteiger partial charge in [0.1, 0.15) is 11.6 Å². The molecule has 0 spiro atoms. The molecule has 90 valence electrons. The van der Waals surface area contributed by atoms with E-state index >= 15 is 0 Å². The third-order valence-corrected chi connectivity index (χ3v) is 2.23. The van der Waals surface area contributed by atoms with Crippen molar-refractivity contribution in [3.05, 3.63) is 11.9 Å². The van der Waals surface area contributed by atoms with E-state index in [-0.39, 0.29) is 6.10 Å². The zero-order valence-corrected chi connectivity index (χ0v) is 10.2. The molecule has 0 fully saturated rings. The van der Waals surface area contributed by atoms with E-state index in [1.807, 2.05) is 13.8 Å². The molecule has 0 bridgehead atoms. The van der Waals surface area contributed by atoms with Crippen LogP contribution < -0.4 is 16.0 Å². The Hall–Kier alpha value is -1.36. The summed E-state index contributed by atoms with van der Waals surface area (Å²) in [4.78, 5) is 8.49. The summed E-state index contributed by atoms with van der Waals surface area (Å²) in [7, 11) is 0. The first kappa shape index (κ1) is 12.7. The first-order valence-electron chi connectivity index (χ1n) is 5.70. The molecule has 1 unspecified atom stereocenters. The summed E-state index contributed by atoms with van der Waals surface area (Å²) < 4.78 is 5.69. The molecule has 1 aromatic heterocycles. The average Bonchev–Trinajstić information content (AvgIpc) is 2.28. The van der Waals surface area contributed by atoms with Crippen LogP contribution in [0.4, 0.5) is 5.82 Å². The molecule has 0 aliphatic heterocycles. The van der Waals surface area contributed by atoms with Crippen LogP contribution in [0.2, 0.25) is 0 Å². The van der Waals surface area contributed by atoms with E-state index < -0.39 is 0 Å². The van der Waals surface area contributed by atoms with Gasteiger partial charge in [0.2, 0.25) is 5.88 Å². The van der Waals surface area contributed by atoms with E-state index in [2.05, 4.69) is 22.3 Å². The molecule has 0 aromatic carbocycles. The van der Waals surface area contributed by atoms with Crippen molar-refractivity contribution in [1.29, 1.82) is 0 Å². The van der Waals surface area contributed by atoms with E-state index in [4.69, 9.17) is 10.6 Å². The molecule has 1 aromatic rings. The Labute approximate surface area is 96.4 Å². The minimum atomic E-state index is 0.162. The molecule has 0 radical (unpaired) electrons. The van der Waals surface area contributed by atoms with Crippen molar-refractivity contribution in [3.8, 4) is 5.88 Å². The van der Waals surface area contributed by atoms with Crippen molar-refractivity contribution in [2.45, 2.75) is 46.1 Å². The Kier molecular flexibility index (Phi) is 4.98. The molecule has 0 aliphatic rings. The van der Waals surface area contributed by atoms with Crippen molar-refractivity contribution in [3.63, 3.8) is 0 Å². The molecule has 3 N–H and O–H groups in total. The summed E-state index contributed by atoms with van der Waals surface area (Å²) in [5.41, 5.74) is 2.52. The lowest BCUT2D eigenvalue weighted by atomic mass is 10.2. The minimum absolute atomic E-state index is 0.162. The number of nitrogens with zero attached hydrogens (tertiary/aromatic N) is 2. The summed E-state index contributed by atoms with van der Waals surface area (Å²) in [5, 5.41) is 0. The summed E-state index contributed by atoms with van der Waals surface area (Å²) >= 11 is 0. The Balaban J connectivity index is 2.78. The number of aromatic nitrogens is 2. The normalized spacial score (nSPS) is 12.2. The van der Waals surface area contributed by atoms with E-state index in [9.17, 15) is 0 Å². The first-order chi connectivity index (χ1) is 7.69. The van der Waals surface area contributed by atoms with Crippen molar-refractivity contribution >= 4 is 5.82 Å². The highest BCUT2D eigenvalue weighted by Gasteiger charge is 2.07. The smallest absolute Gasteiger partial charge is 0.219 e. The Bertz CT molecular complexity index is 308. The van der Waals surface area contributed by atoms with Gasteiger partial charge in [-0.15, -0.1) is 0 Å². The third-order valence-electron chi connectivity index (χ3n) is 2.23. The minimum Gasteiger partial charge on any atom is -0.475 e. The van der Waals surface area contributed by atoms with Crippen LogP contribution in [0.1, 0.15) is 39.4 Å². The number of aryl methyl sites for hydroxylation is 1. The quantitative estimate of drug-likeness (QED) is 0.570. The van der Waals surface area contributed by atoms with E-state index in [0.29, 0.717) is 11.7 Å². The second-order valence-electron chi connectivity index (χ2n) is 3.72. The zero-order chi connectivity index (χ0) is 12.0. The number of hydrogen-bond acceptors (Lipinski definition) is 5. The molecule has 1 atom stereocenters. The van der Waals surface area contributed by atoms with Gasteiger partial charge in [-0.25, -0.2) is 10.8 Å². The zero-order valence-electron chi connectivity index (χ0n) is 10.2. The number of rotatable bonds is 6. The summed E-state index contributed by atoms with van der Waals surface area (Å²) in [6, 6.07) is 1.71. The predicted molar refractivity (Wildman–Crippen MR) is 64.2 cm³/mol. The fourth-order valence-corrected chi connectivity index (χ4v) is 1.44. The standard InChI is InChI=1S/C11H20N4O/c1-4-6-8(3)16-11-7-10(15-12)13-9(5-2)14-11/h7-8H,4-6,12H2,1-3H3,(H,13,14,15). The maximum Gasteiger partial charge on any atom is 0.219 e. The van der Waals surface area contributed by atoms with Gasteiger partial charge in [-0.1, -0.05) is 20.3 Å². The predicted octanol–water partition coefficient (Wildman–Crippen LogP) is 1.89. The van der Waals surface area contributed by atoms with E-state index in [1.54, 1.807) is 6.07 Å². The van der Waals surface area contributed by atoms with Gasteiger partial charge >= 0.3 is 0 Å². The van der Waals surface area contributed by atoms with Gasteiger partial charge in [0.05, 0.1) is 6.10 Å². The van der Waals surface area contributed by atoms with Crippen LogP contribution in [0.3, 0.4) is 0 Å². The molecule has 0 amide bonds. The molecule has 0 saturated heterocycles. The van der Waals surface area contributed by atoms with E-state index in [0.717, 1.165) is 25.1 Å². The van der Waals surface area contributed by atoms with Crippen molar-refractivity contribution in [2.75, 3.05) is 5.43 Å². The molecule has 1 rings (SSSR count). The second-order valence-corrected chi connectivity index (χ2v) is 3.72. The van der Waals surface area contributed by atoms with Crippen LogP contribution in [-0.2, 0) is 6.42 Å². The number of nitrogens with two attached hydrogens (primary N) is 1. The average molecular weight is 224 g/mol. The maximum atomic E-state index is 5.69. The van der Waals surface area contributed by atoms with Crippen LogP contribution in [0, 0.1) is 0 Å². The SMILES string of the molecule is CCCC(C)Oc1cc(NN)nc(CC)n1. The van der Waals surface area contributed by atoms with Crippen molar-refractivity contribution in [2.24, 2.45) is 5.84 Å². The summed E-state index contributed by atoms with van der Waals surface area (Å²) in [6.45, 7) is 6.16. The number of nitrogens with one attached hydrogen (secondary N) is 1. The second kappa shape index (κ2) is 6.27. The van der Waals surface area contributed by atoms with Crippen LogP contribution in [0.5, 0.6) is 5.88 Å². The highest BCUT2D eigenvalue weighted by atomic mass is 16.5. The number of hydrogen-bond donors (Lipinski definition) is 2. The number of anilines is 1. The molecular formula is C11H20N4O. The van der Waals surface area contributed by atoms with Crippen LogP contribution >= 0.6 is 0 Å². The summed E-state index contributed by atoms with van der Waals surface area (Å²) in [6.07, 6.45) is 3.02. The lowest BCUT2D eigenvalue weighted by Crippen LogP contribution is -2.15. The first-order valence-corrected chi connectivity index (χ1v) is 5.70. The van der Waals surface area contributed by atoms with Gasteiger partial charge in [0, 0.05) is 12.5 Å². The van der Waals surface area contributed by atoms with Gasteiger partial charge in [0.25, 0.3) is 0 Å². The fraction of sp³-hybridized carbons (Fsp3) is 0.636. The van der Waals surface area contributed by atoms with Crippen molar-refractivity contribution < 1.29 is 4.74 Å².